The minimum Gasteiger partial charge on any atom is -0.396 e. The van der Waals surface area contributed by atoms with Crippen LogP contribution in [0.2, 0.25) is 0 Å². The molecule has 0 spiro atoms. The molecule has 16 heavy (non-hydrogen) atoms. The van der Waals surface area contributed by atoms with Gasteiger partial charge in [-0.15, -0.1) is 0 Å². The fourth-order valence-electron chi connectivity index (χ4n) is 1.60. The van der Waals surface area contributed by atoms with Crippen molar-refractivity contribution in [3.8, 4) is 0 Å². The molecule has 0 saturated carbocycles. The lowest BCUT2D eigenvalue weighted by Gasteiger charge is -2.20. The zero-order chi connectivity index (χ0) is 11.8. The smallest absolute Gasteiger partial charge is 0.0558 e. The average Bonchev–Trinajstić information content (AvgIpc) is 2.26. The highest BCUT2D eigenvalue weighted by Gasteiger charge is 2.05. The summed E-state index contributed by atoms with van der Waals surface area (Å²) in [4.78, 5) is 2.14. The van der Waals surface area contributed by atoms with E-state index >= 15 is 0 Å². The molecule has 0 bridgehead atoms. The molecule has 1 aromatic rings. The van der Waals surface area contributed by atoms with Crippen molar-refractivity contribution in [1.82, 2.24) is 4.90 Å². The Balaban J connectivity index is 2.52. The maximum atomic E-state index is 8.96. The summed E-state index contributed by atoms with van der Waals surface area (Å²) >= 11 is 3.44. The number of aliphatic hydroxyl groups is 2. The average molecular weight is 288 g/mol. The predicted molar refractivity (Wildman–Crippen MR) is 68.2 cm³/mol. The second-order valence-corrected chi connectivity index (χ2v) is 4.62. The van der Waals surface area contributed by atoms with Gasteiger partial charge in [-0.05, 0) is 24.1 Å². The highest BCUT2D eigenvalue weighted by molar-refractivity contribution is 9.10. The van der Waals surface area contributed by atoms with Crippen LogP contribution in [0, 0.1) is 0 Å². The summed E-state index contributed by atoms with van der Waals surface area (Å²) < 4.78 is 1.07. The van der Waals surface area contributed by atoms with Crippen molar-refractivity contribution < 1.29 is 10.2 Å². The molecule has 0 fully saturated rings. The van der Waals surface area contributed by atoms with Crippen LogP contribution < -0.4 is 0 Å². The summed E-state index contributed by atoms with van der Waals surface area (Å²) in [5.74, 6) is 0. The van der Waals surface area contributed by atoms with E-state index in [1.807, 2.05) is 12.1 Å². The Kier molecular flexibility index (Phi) is 6.64. The van der Waals surface area contributed by atoms with Gasteiger partial charge in [-0.1, -0.05) is 28.1 Å². The molecular weight excluding hydrogens is 270 g/mol. The van der Waals surface area contributed by atoms with Crippen LogP contribution in [0.15, 0.2) is 28.7 Å². The van der Waals surface area contributed by atoms with E-state index in [0.717, 1.165) is 24.0 Å². The quantitative estimate of drug-likeness (QED) is 0.801. The van der Waals surface area contributed by atoms with Gasteiger partial charge in [0.1, 0.15) is 0 Å². The molecule has 0 amide bonds. The predicted octanol–water partition coefficient (Wildman–Crippen LogP) is 1.63. The fourth-order valence-corrected chi connectivity index (χ4v) is 2.05. The van der Waals surface area contributed by atoms with E-state index in [1.54, 1.807) is 0 Å². The lowest BCUT2D eigenvalue weighted by molar-refractivity contribution is 0.174. The van der Waals surface area contributed by atoms with E-state index in [9.17, 15) is 0 Å². The number of aliphatic hydroxyl groups excluding tert-OH is 2. The Labute approximate surface area is 105 Å². The van der Waals surface area contributed by atoms with Crippen LogP contribution in [-0.4, -0.2) is 41.4 Å². The van der Waals surface area contributed by atoms with Gasteiger partial charge >= 0.3 is 0 Å². The molecule has 0 unspecified atom stereocenters. The van der Waals surface area contributed by atoms with E-state index in [2.05, 4.69) is 33.0 Å². The number of hydrogen-bond acceptors (Lipinski definition) is 3. The standard InChI is InChI=1S/C12H18BrNO2/c13-12-4-1-3-11(9-12)10-14(6-8-16)5-2-7-15/h1,3-4,9,15-16H,2,5-8,10H2. The Bertz CT molecular complexity index is 307. The molecule has 2 N–H and O–H groups in total. The van der Waals surface area contributed by atoms with E-state index in [4.69, 9.17) is 10.2 Å². The molecular formula is C12H18BrNO2. The van der Waals surface area contributed by atoms with E-state index in [1.165, 1.54) is 5.56 Å². The third-order valence-corrected chi connectivity index (χ3v) is 2.84. The van der Waals surface area contributed by atoms with Crippen LogP contribution in [-0.2, 0) is 6.54 Å². The second kappa shape index (κ2) is 7.79. The molecule has 0 aromatic heterocycles. The van der Waals surface area contributed by atoms with Crippen LogP contribution in [0.25, 0.3) is 0 Å². The summed E-state index contributed by atoms with van der Waals surface area (Å²) in [6, 6.07) is 8.13. The van der Waals surface area contributed by atoms with Crippen molar-refractivity contribution in [2.45, 2.75) is 13.0 Å². The van der Waals surface area contributed by atoms with E-state index < -0.39 is 0 Å². The van der Waals surface area contributed by atoms with Gasteiger partial charge in [-0.2, -0.15) is 0 Å². The molecule has 1 aromatic carbocycles. The van der Waals surface area contributed by atoms with E-state index in [0.29, 0.717) is 6.54 Å². The number of rotatable bonds is 7. The molecule has 0 aliphatic rings. The van der Waals surface area contributed by atoms with Crippen molar-refractivity contribution >= 4 is 15.9 Å². The maximum absolute atomic E-state index is 8.96. The molecule has 4 heteroatoms. The van der Waals surface area contributed by atoms with Crippen LogP contribution in [0.5, 0.6) is 0 Å². The highest BCUT2D eigenvalue weighted by Crippen LogP contribution is 2.13. The molecule has 0 saturated heterocycles. The Morgan fingerprint density at radius 2 is 1.94 bits per heavy atom. The summed E-state index contributed by atoms with van der Waals surface area (Å²) in [5.41, 5.74) is 1.21. The molecule has 0 atom stereocenters. The summed E-state index contributed by atoms with van der Waals surface area (Å²) in [7, 11) is 0. The Hall–Kier alpha value is -0.420. The van der Waals surface area contributed by atoms with Gasteiger partial charge < -0.3 is 10.2 Å². The first kappa shape index (κ1) is 13.6. The van der Waals surface area contributed by atoms with Gasteiger partial charge in [0.25, 0.3) is 0 Å². The third kappa shape index (κ3) is 5.07. The molecule has 0 aliphatic carbocycles. The van der Waals surface area contributed by atoms with Crippen molar-refractivity contribution in [2.24, 2.45) is 0 Å². The number of nitrogens with zero attached hydrogens (tertiary/aromatic N) is 1. The topological polar surface area (TPSA) is 43.7 Å². The number of benzene rings is 1. The fraction of sp³-hybridized carbons (Fsp3) is 0.500. The summed E-state index contributed by atoms with van der Waals surface area (Å²) in [6.45, 7) is 2.61. The molecule has 3 nitrogen and oxygen atoms in total. The van der Waals surface area contributed by atoms with Crippen molar-refractivity contribution in [1.29, 1.82) is 0 Å². The zero-order valence-electron chi connectivity index (χ0n) is 9.27. The molecule has 0 radical (unpaired) electrons. The number of hydrogen-bond donors (Lipinski definition) is 2. The Morgan fingerprint density at radius 3 is 2.56 bits per heavy atom. The lowest BCUT2D eigenvalue weighted by Crippen LogP contribution is -2.28. The van der Waals surface area contributed by atoms with Gasteiger partial charge in [-0.25, -0.2) is 0 Å². The van der Waals surface area contributed by atoms with Crippen molar-refractivity contribution in [2.75, 3.05) is 26.3 Å². The highest BCUT2D eigenvalue weighted by atomic mass is 79.9. The molecule has 90 valence electrons. The SMILES string of the molecule is OCCCN(CCO)Cc1cccc(Br)c1. The largest absolute Gasteiger partial charge is 0.396 e. The summed E-state index contributed by atoms with van der Waals surface area (Å²) in [6.07, 6.45) is 0.744. The monoisotopic (exact) mass is 287 g/mol. The van der Waals surface area contributed by atoms with Crippen LogP contribution in [0.3, 0.4) is 0 Å². The lowest BCUT2D eigenvalue weighted by atomic mass is 10.2. The van der Waals surface area contributed by atoms with Gasteiger partial charge in [0, 0.05) is 30.7 Å². The number of halogens is 1. The zero-order valence-corrected chi connectivity index (χ0v) is 10.9. The van der Waals surface area contributed by atoms with Crippen LogP contribution in [0.4, 0.5) is 0 Å². The first-order chi connectivity index (χ1) is 7.76. The first-order valence-corrected chi connectivity index (χ1v) is 6.24. The third-order valence-electron chi connectivity index (χ3n) is 2.34. The van der Waals surface area contributed by atoms with Gasteiger partial charge in [0.05, 0.1) is 6.61 Å². The normalized spacial score (nSPS) is 11.0. The van der Waals surface area contributed by atoms with Crippen molar-refractivity contribution in [3.63, 3.8) is 0 Å². The molecule has 0 aliphatic heterocycles. The van der Waals surface area contributed by atoms with Gasteiger partial charge in [-0.3, -0.25) is 4.90 Å². The Morgan fingerprint density at radius 1 is 1.12 bits per heavy atom. The first-order valence-electron chi connectivity index (χ1n) is 5.45. The second-order valence-electron chi connectivity index (χ2n) is 3.71. The summed E-state index contributed by atoms with van der Waals surface area (Å²) in [5, 5.41) is 17.8. The maximum Gasteiger partial charge on any atom is 0.0558 e. The van der Waals surface area contributed by atoms with Gasteiger partial charge in [0.15, 0.2) is 0 Å². The van der Waals surface area contributed by atoms with Crippen LogP contribution in [0.1, 0.15) is 12.0 Å². The minimum absolute atomic E-state index is 0.152. The van der Waals surface area contributed by atoms with Crippen molar-refractivity contribution in [3.05, 3.63) is 34.3 Å². The minimum atomic E-state index is 0.152. The van der Waals surface area contributed by atoms with Gasteiger partial charge in [0.2, 0.25) is 0 Å². The van der Waals surface area contributed by atoms with Crippen LogP contribution >= 0.6 is 15.9 Å². The molecule has 0 heterocycles. The molecule has 1 rings (SSSR count). The van der Waals surface area contributed by atoms with E-state index in [-0.39, 0.29) is 13.2 Å².